The number of rotatable bonds is 4. The van der Waals surface area contributed by atoms with E-state index in [9.17, 15) is 8.42 Å². The zero-order valence-electron chi connectivity index (χ0n) is 15.1. The molecule has 0 spiro atoms. The number of aromatic nitrogens is 2. The lowest BCUT2D eigenvalue weighted by molar-refractivity contribution is 0.600. The first-order valence-electron chi connectivity index (χ1n) is 8.37. The van der Waals surface area contributed by atoms with Gasteiger partial charge in [-0.15, -0.1) is 0 Å². The average Bonchev–Trinajstić information content (AvgIpc) is 2.89. The summed E-state index contributed by atoms with van der Waals surface area (Å²) in [5.41, 5.74) is 4.20. The number of hydrogen-bond donors (Lipinski definition) is 1. The number of anilines is 3. The molecule has 2 aromatic rings. The number of sulfone groups is 1. The van der Waals surface area contributed by atoms with Gasteiger partial charge in [0, 0.05) is 30.5 Å². The van der Waals surface area contributed by atoms with Crippen LogP contribution >= 0.6 is 0 Å². The summed E-state index contributed by atoms with van der Waals surface area (Å²) < 4.78 is 23.5. The topological polar surface area (TPSA) is 75.2 Å². The van der Waals surface area contributed by atoms with E-state index in [0.717, 1.165) is 16.9 Å². The van der Waals surface area contributed by atoms with Crippen molar-refractivity contribution < 1.29 is 8.42 Å². The molecule has 1 aliphatic rings. The van der Waals surface area contributed by atoms with E-state index < -0.39 is 9.84 Å². The minimum Gasteiger partial charge on any atom is -0.340 e. The minimum absolute atomic E-state index is 0.0687. The molecule has 7 heteroatoms. The summed E-state index contributed by atoms with van der Waals surface area (Å²) in [6.45, 7) is 6.03. The maximum atomic E-state index is 11.7. The molecule has 2 heterocycles. The first-order chi connectivity index (χ1) is 11.7. The lowest BCUT2D eigenvalue weighted by Crippen LogP contribution is -2.34. The van der Waals surface area contributed by atoms with Crippen LogP contribution in [-0.4, -0.2) is 43.0 Å². The molecule has 1 atom stereocenters. The second-order valence-electron chi connectivity index (χ2n) is 6.81. The summed E-state index contributed by atoms with van der Waals surface area (Å²) in [7, 11) is -1.08. The Morgan fingerprint density at radius 2 is 1.92 bits per heavy atom. The second-order valence-corrected chi connectivity index (χ2v) is 9.03. The summed E-state index contributed by atoms with van der Waals surface area (Å²) in [4.78, 5) is 11.0. The fraction of sp³-hybridized carbons (Fsp3) is 0.444. The Kier molecular flexibility index (Phi) is 4.69. The van der Waals surface area contributed by atoms with E-state index in [1.807, 2.05) is 31.0 Å². The molecule has 1 fully saturated rings. The van der Waals surface area contributed by atoms with Crippen molar-refractivity contribution in [1.82, 2.24) is 9.97 Å². The number of nitrogens with zero attached hydrogens (tertiary/aromatic N) is 3. The smallest absolute Gasteiger partial charge is 0.227 e. The molecule has 25 heavy (non-hydrogen) atoms. The Morgan fingerprint density at radius 3 is 2.56 bits per heavy atom. The van der Waals surface area contributed by atoms with Gasteiger partial charge in [-0.2, -0.15) is 4.98 Å². The molecule has 0 bridgehead atoms. The van der Waals surface area contributed by atoms with Gasteiger partial charge < -0.3 is 10.2 Å². The quantitative estimate of drug-likeness (QED) is 0.904. The molecule has 0 saturated carbocycles. The van der Waals surface area contributed by atoms with Crippen molar-refractivity contribution >= 4 is 27.3 Å². The van der Waals surface area contributed by atoms with E-state index in [1.54, 1.807) is 0 Å². The second kappa shape index (κ2) is 6.63. The van der Waals surface area contributed by atoms with Crippen LogP contribution in [0.4, 0.5) is 17.5 Å². The average molecular weight is 360 g/mol. The molecule has 1 aromatic carbocycles. The Hall–Kier alpha value is -2.15. The lowest BCUT2D eigenvalue weighted by atomic mass is 10.1. The number of benzene rings is 1. The van der Waals surface area contributed by atoms with E-state index >= 15 is 0 Å². The molecule has 1 aliphatic heterocycles. The largest absolute Gasteiger partial charge is 0.340 e. The van der Waals surface area contributed by atoms with Crippen LogP contribution < -0.4 is 10.2 Å². The zero-order valence-corrected chi connectivity index (χ0v) is 15.9. The summed E-state index contributed by atoms with van der Waals surface area (Å²) in [6, 6.07) is 8.03. The third kappa shape index (κ3) is 4.10. The lowest BCUT2D eigenvalue weighted by Gasteiger charge is -2.24. The normalized spacial score (nSPS) is 19.0. The molecule has 3 rings (SSSR count). The highest BCUT2D eigenvalue weighted by Crippen LogP contribution is 2.24. The van der Waals surface area contributed by atoms with Crippen molar-refractivity contribution in [3.63, 3.8) is 0 Å². The summed E-state index contributed by atoms with van der Waals surface area (Å²) >= 11 is 0. The summed E-state index contributed by atoms with van der Waals surface area (Å²) in [6.07, 6.45) is 0.621. The Labute approximate surface area is 149 Å². The molecule has 6 nitrogen and oxygen atoms in total. The highest BCUT2D eigenvalue weighted by molar-refractivity contribution is 7.91. The van der Waals surface area contributed by atoms with Gasteiger partial charge in [0.15, 0.2) is 9.84 Å². The van der Waals surface area contributed by atoms with E-state index in [1.165, 1.54) is 5.56 Å². The van der Waals surface area contributed by atoms with Gasteiger partial charge >= 0.3 is 0 Å². The monoisotopic (exact) mass is 360 g/mol. The van der Waals surface area contributed by atoms with Crippen molar-refractivity contribution in [3.8, 4) is 0 Å². The molecule has 1 aromatic heterocycles. The molecule has 1 N–H and O–H groups in total. The Morgan fingerprint density at radius 1 is 1.16 bits per heavy atom. The third-order valence-electron chi connectivity index (χ3n) is 4.56. The third-order valence-corrected chi connectivity index (χ3v) is 6.31. The maximum Gasteiger partial charge on any atom is 0.227 e. The minimum atomic E-state index is -2.94. The van der Waals surface area contributed by atoms with Gasteiger partial charge in [-0.1, -0.05) is 17.7 Å². The fourth-order valence-corrected chi connectivity index (χ4v) is 4.88. The van der Waals surface area contributed by atoms with E-state index in [-0.39, 0.29) is 17.5 Å². The van der Waals surface area contributed by atoms with Crippen LogP contribution in [0.15, 0.2) is 24.3 Å². The molecular formula is C18H24N4O2S. The Bertz CT molecular complexity index is 896. The van der Waals surface area contributed by atoms with Crippen LogP contribution in [0, 0.1) is 20.8 Å². The van der Waals surface area contributed by atoms with Crippen LogP contribution in [0.3, 0.4) is 0 Å². The van der Waals surface area contributed by atoms with E-state index in [0.29, 0.717) is 18.2 Å². The van der Waals surface area contributed by atoms with Crippen molar-refractivity contribution in [2.45, 2.75) is 33.2 Å². The van der Waals surface area contributed by atoms with Crippen molar-refractivity contribution in [2.75, 3.05) is 28.8 Å². The van der Waals surface area contributed by atoms with Crippen molar-refractivity contribution in [2.24, 2.45) is 0 Å². The molecule has 0 radical (unpaired) electrons. The molecule has 1 saturated heterocycles. The molecular weight excluding hydrogens is 336 g/mol. The van der Waals surface area contributed by atoms with Gasteiger partial charge in [0.05, 0.1) is 11.5 Å². The highest BCUT2D eigenvalue weighted by atomic mass is 32.2. The Balaban J connectivity index is 1.85. The SMILES string of the molecule is Cc1ccc(Nc2cc(C)nc(N(C)C3CCS(=O)(=O)C3)n2)c(C)c1. The van der Waals surface area contributed by atoms with Crippen LogP contribution in [0.25, 0.3) is 0 Å². The fourth-order valence-electron chi connectivity index (χ4n) is 3.11. The van der Waals surface area contributed by atoms with Gasteiger partial charge in [-0.05, 0) is 38.8 Å². The predicted molar refractivity (Wildman–Crippen MR) is 101 cm³/mol. The van der Waals surface area contributed by atoms with Gasteiger partial charge in [0.25, 0.3) is 0 Å². The molecule has 0 amide bonds. The van der Waals surface area contributed by atoms with Crippen LogP contribution in [0.1, 0.15) is 23.2 Å². The highest BCUT2D eigenvalue weighted by Gasteiger charge is 2.31. The predicted octanol–water partition coefficient (Wildman–Crippen LogP) is 2.77. The standard InChI is InChI=1S/C18H24N4O2S/c1-12-5-6-16(13(2)9-12)20-17-10-14(3)19-18(21-17)22(4)15-7-8-25(23,24)11-15/h5-6,9-10,15H,7-8,11H2,1-4H3,(H,19,20,21). The maximum absolute atomic E-state index is 11.7. The van der Waals surface area contributed by atoms with Gasteiger partial charge in [0.1, 0.15) is 5.82 Å². The van der Waals surface area contributed by atoms with Crippen LogP contribution in [-0.2, 0) is 9.84 Å². The molecule has 1 unspecified atom stereocenters. The molecule has 0 aliphatic carbocycles. The van der Waals surface area contributed by atoms with Crippen molar-refractivity contribution in [3.05, 3.63) is 41.1 Å². The summed E-state index contributed by atoms with van der Waals surface area (Å²) in [5.74, 6) is 1.67. The van der Waals surface area contributed by atoms with Crippen LogP contribution in [0.2, 0.25) is 0 Å². The van der Waals surface area contributed by atoms with Crippen LogP contribution in [0.5, 0.6) is 0 Å². The molecule has 134 valence electrons. The van der Waals surface area contributed by atoms with Gasteiger partial charge in [-0.25, -0.2) is 13.4 Å². The van der Waals surface area contributed by atoms with Crippen molar-refractivity contribution in [1.29, 1.82) is 0 Å². The number of hydrogen-bond acceptors (Lipinski definition) is 6. The first kappa shape index (κ1) is 17.7. The van der Waals surface area contributed by atoms with E-state index in [2.05, 4.69) is 41.3 Å². The number of aryl methyl sites for hydroxylation is 3. The first-order valence-corrected chi connectivity index (χ1v) is 10.2. The van der Waals surface area contributed by atoms with Gasteiger partial charge in [0.2, 0.25) is 5.95 Å². The van der Waals surface area contributed by atoms with E-state index in [4.69, 9.17) is 0 Å². The van der Waals surface area contributed by atoms with Gasteiger partial charge in [-0.3, -0.25) is 0 Å². The number of nitrogens with one attached hydrogen (secondary N) is 1. The summed E-state index contributed by atoms with van der Waals surface area (Å²) in [5, 5.41) is 3.35. The zero-order chi connectivity index (χ0) is 18.2.